The number of aliphatic hydroxyl groups is 1. The Morgan fingerprint density at radius 2 is 2.17 bits per heavy atom. The van der Waals surface area contributed by atoms with E-state index in [4.69, 9.17) is 5.11 Å². The van der Waals surface area contributed by atoms with Crippen LogP contribution in [0.25, 0.3) is 0 Å². The SMILES string of the molecule is CC#CC(=O)N(CCO)C(C)C. The fourth-order valence-electron chi connectivity index (χ4n) is 0.881. The van der Waals surface area contributed by atoms with Gasteiger partial charge in [0.15, 0.2) is 0 Å². The van der Waals surface area contributed by atoms with E-state index in [1.165, 1.54) is 4.90 Å². The summed E-state index contributed by atoms with van der Waals surface area (Å²) in [6.45, 7) is 5.74. The van der Waals surface area contributed by atoms with Gasteiger partial charge in [0.25, 0.3) is 5.91 Å². The van der Waals surface area contributed by atoms with Gasteiger partial charge >= 0.3 is 0 Å². The number of amides is 1. The Labute approximate surface area is 73.4 Å². The normalized spacial score (nSPS) is 9.08. The van der Waals surface area contributed by atoms with Crippen molar-refractivity contribution < 1.29 is 9.90 Å². The third-order valence-corrected chi connectivity index (χ3v) is 1.46. The Morgan fingerprint density at radius 1 is 1.58 bits per heavy atom. The van der Waals surface area contributed by atoms with Crippen molar-refractivity contribution in [2.75, 3.05) is 13.2 Å². The standard InChI is InChI=1S/C9H15NO2/c1-4-5-9(12)10(6-7-11)8(2)3/h8,11H,6-7H2,1-3H3. The fourth-order valence-corrected chi connectivity index (χ4v) is 0.881. The van der Waals surface area contributed by atoms with Crippen LogP contribution in [0.5, 0.6) is 0 Å². The molecule has 3 heteroatoms. The number of carbonyl (C=O) groups excluding carboxylic acids is 1. The van der Waals surface area contributed by atoms with Crippen LogP contribution < -0.4 is 0 Å². The van der Waals surface area contributed by atoms with Gasteiger partial charge in [0.05, 0.1) is 6.61 Å². The van der Waals surface area contributed by atoms with E-state index >= 15 is 0 Å². The molecule has 0 aromatic carbocycles. The molecule has 0 atom stereocenters. The van der Waals surface area contributed by atoms with Gasteiger partial charge < -0.3 is 10.0 Å². The maximum absolute atomic E-state index is 11.2. The Bertz CT molecular complexity index is 200. The molecule has 0 aromatic heterocycles. The van der Waals surface area contributed by atoms with Crippen molar-refractivity contribution in [2.24, 2.45) is 0 Å². The van der Waals surface area contributed by atoms with Gasteiger partial charge in [-0.1, -0.05) is 5.92 Å². The minimum atomic E-state index is -0.221. The molecule has 3 nitrogen and oxygen atoms in total. The van der Waals surface area contributed by atoms with Gasteiger partial charge in [-0.15, -0.1) is 0 Å². The maximum Gasteiger partial charge on any atom is 0.298 e. The van der Waals surface area contributed by atoms with Crippen molar-refractivity contribution in [3.63, 3.8) is 0 Å². The quantitative estimate of drug-likeness (QED) is 0.615. The lowest BCUT2D eigenvalue weighted by Gasteiger charge is -2.23. The summed E-state index contributed by atoms with van der Waals surface area (Å²) in [7, 11) is 0. The minimum absolute atomic E-state index is 0.0185. The van der Waals surface area contributed by atoms with E-state index in [1.807, 2.05) is 13.8 Å². The van der Waals surface area contributed by atoms with Crippen LogP contribution in [0.15, 0.2) is 0 Å². The average Bonchev–Trinajstić information content (AvgIpc) is 1.99. The summed E-state index contributed by atoms with van der Waals surface area (Å²) in [6, 6.07) is 0.0884. The van der Waals surface area contributed by atoms with E-state index in [1.54, 1.807) is 6.92 Å². The molecule has 0 aliphatic carbocycles. The molecule has 0 bridgehead atoms. The topological polar surface area (TPSA) is 40.5 Å². The summed E-state index contributed by atoms with van der Waals surface area (Å²) < 4.78 is 0. The molecule has 0 aromatic rings. The molecule has 0 unspecified atom stereocenters. The summed E-state index contributed by atoms with van der Waals surface area (Å²) in [5, 5.41) is 8.66. The maximum atomic E-state index is 11.2. The molecule has 1 amide bonds. The number of rotatable bonds is 3. The lowest BCUT2D eigenvalue weighted by atomic mass is 10.3. The summed E-state index contributed by atoms with van der Waals surface area (Å²) in [5.74, 6) is 4.76. The zero-order valence-corrected chi connectivity index (χ0v) is 7.79. The van der Waals surface area contributed by atoms with Gasteiger partial charge in [-0.25, -0.2) is 0 Å². The second kappa shape index (κ2) is 5.62. The molecule has 12 heavy (non-hydrogen) atoms. The fraction of sp³-hybridized carbons (Fsp3) is 0.667. The third-order valence-electron chi connectivity index (χ3n) is 1.46. The summed E-state index contributed by atoms with van der Waals surface area (Å²) in [4.78, 5) is 12.8. The predicted octanol–water partition coefficient (Wildman–Crippen LogP) is 0.239. The first-order valence-electron chi connectivity index (χ1n) is 3.97. The predicted molar refractivity (Wildman–Crippen MR) is 47.4 cm³/mol. The first kappa shape index (κ1) is 11.0. The Hall–Kier alpha value is -1.01. The minimum Gasteiger partial charge on any atom is -0.395 e. The van der Waals surface area contributed by atoms with Crippen LogP contribution in [0.3, 0.4) is 0 Å². The first-order chi connectivity index (χ1) is 5.63. The van der Waals surface area contributed by atoms with E-state index in [0.29, 0.717) is 6.54 Å². The van der Waals surface area contributed by atoms with Gasteiger partial charge in [0.2, 0.25) is 0 Å². The lowest BCUT2D eigenvalue weighted by molar-refractivity contribution is -0.127. The zero-order valence-electron chi connectivity index (χ0n) is 7.79. The van der Waals surface area contributed by atoms with E-state index in [9.17, 15) is 4.79 Å². The number of aliphatic hydroxyl groups excluding tert-OH is 1. The van der Waals surface area contributed by atoms with E-state index in [-0.39, 0.29) is 18.6 Å². The Morgan fingerprint density at radius 3 is 2.50 bits per heavy atom. The molecule has 0 aliphatic heterocycles. The molecule has 1 N–H and O–H groups in total. The van der Waals surface area contributed by atoms with Gasteiger partial charge in [-0.3, -0.25) is 4.79 Å². The number of hydrogen-bond donors (Lipinski definition) is 1. The van der Waals surface area contributed by atoms with Crippen LogP contribution in [0.4, 0.5) is 0 Å². The second-order valence-electron chi connectivity index (χ2n) is 2.69. The molecule has 0 spiro atoms. The highest BCUT2D eigenvalue weighted by molar-refractivity contribution is 5.93. The second-order valence-corrected chi connectivity index (χ2v) is 2.69. The van der Waals surface area contributed by atoms with Crippen molar-refractivity contribution in [3.8, 4) is 11.8 Å². The van der Waals surface area contributed by atoms with Crippen molar-refractivity contribution in [2.45, 2.75) is 26.8 Å². The summed E-state index contributed by atoms with van der Waals surface area (Å²) in [6.07, 6.45) is 0. The van der Waals surface area contributed by atoms with Gasteiger partial charge in [0, 0.05) is 12.6 Å². The van der Waals surface area contributed by atoms with E-state index < -0.39 is 0 Å². The summed E-state index contributed by atoms with van der Waals surface area (Å²) in [5.41, 5.74) is 0. The van der Waals surface area contributed by atoms with Crippen LogP contribution >= 0.6 is 0 Å². The lowest BCUT2D eigenvalue weighted by Crippen LogP contribution is -2.38. The van der Waals surface area contributed by atoms with Gasteiger partial charge in [-0.05, 0) is 26.7 Å². The number of nitrogens with zero attached hydrogens (tertiary/aromatic N) is 1. The molecule has 0 saturated heterocycles. The third kappa shape index (κ3) is 3.40. The highest BCUT2D eigenvalue weighted by atomic mass is 16.3. The van der Waals surface area contributed by atoms with Crippen LogP contribution in [-0.4, -0.2) is 35.1 Å². The molecule has 0 heterocycles. The van der Waals surface area contributed by atoms with Crippen molar-refractivity contribution >= 4 is 5.91 Å². The van der Waals surface area contributed by atoms with Crippen molar-refractivity contribution in [1.29, 1.82) is 0 Å². The van der Waals surface area contributed by atoms with Crippen LogP contribution in [0.1, 0.15) is 20.8 Å². The van der Waals surface area contributed by atoms with Crippen LogP contribution in [-0.2, 0) is 4.79 Å². The molecular formula is C9H15NO2. The number of carbonyl (C=O) groups is 1. The smallest absolute Gasteiger partial charge is 0.298 e. The molecule has 0 aliphatic rings. The number of hydrogen-bond acceptors (Lipinski definition) is 2. The molecular weight excluding hydrogens is 154 g/mol. The van der Waals surface area contributed by atoms with Crippen LogP contribution in [0, 0.1) is 11.8 Å². The molecule has 68 valence electrons. The van der Waals surface area contributed by atoms with Crippen molar-refractivity contribution in [3.05, 3.63) is 0 Å². The van der Waals surface area contributed by atoms with E-state index in [0.717, 1.165) is 0 Å². The molecule has 0 fully saturated rings. The average molecular weight is 169 g/mol. The van der Waals surface area contributed by atoms with Gasteiger partial charge in [-0.2, -0.15) is 0 Å². The van der Waals surface area contributed by atoms with Gasteiger partial charge in [0.1, 0.15) is 0 Å². The first-order valence-corrected chi connectivity index (χ1v) is 3.97. The van der Waals surface area contributed by atoms with Crippen LogP contribution in [0.2, 0.25) is 0 Å². The highest BCUT2D eigenvalue weighted by Crippen LogP contribution is 1.97. The molecule has 0 rings (SSSR count). The highest BCUT2D eigenvalue weighted by Gasteiger charge is 2.13. The molecule has 0 saturated carbocycles. The zero-order chi connectivity index (χ0) is 9.56. The van der Waals surface area contributed by atoms with Crippen molar-refractivity contribution in [1.82, 2.24) is 4.90 Å². The Kier molecular flexibility index (Phi) is 5.14. The summed E-state index contributed by atoms with van der Waals surface area (Å²) >= 11 is 0. The molecule has 0 radical (unpaired) electrons. The van der Waals surface area contributed by atoms with E-state index in [2.05, 4.69) is 11.8 Å². The monoisotopic (exact) mass is 169 g/mol. The largest absolute Gasteiger partial charge is 0.395 e. The Balaban J connectivity index is 4.25.